The van der Waals surface area contributed by atoms with Crippen molar-refractivity contribution in [3.05, 3.63) is 65.7 Å². The van der Waals surface area contributed by atoms with Gasteiger partial charge in [-0.05, 0) is 36.4 Å². The van der Waals surface area contributed by atoms with Gasteiger partial charge in [0.15, 0.2) is 0 Å². The van der Waals surface area contributed by atoms with Crippen LogP contribution in [-0.4, -0.2) is 26.0 Å². The largest absolute Gasteiger partial charge is 0.465 e. The number of nitrogens with zero attached hydrogens (tertiary/aromatic N) is 1. The molecule has 0 aliphatic heterocycles. The van der Waals surface area contributed by atoms with E-state index in [4.69, 9.17) is 0 Å². The fourth-order valence-electron chi connectivity index (χ4n) is 1.83. The Morgan fingerprint density at radius 2 is 1.50 bits per heavy atom. The molecule has 0 aromatic heterocycles. The van der Waals surface area contributed by atoms with Crippen molar-refractivity contribution in [2.45, 2.75) is 0 Å². The molecule has 0 bridgehead atoms. The molecule has 0 unspecified atom stereocenters. The summed E-state index contributed by atoms with van der Waals surface area (Å²) in [4.78, 5) is 25.1. The summed E-state index contributed by atoms with van der Waals surface area (Å²) in [5, 5.41) is 0. The normalized spacial score (nSPS) is 9.90. The number of rotatable bonds is 3. The van der Waals surface area contributed by atoms with Crippen LogP contribution in [0.1, 0.15) is 20.7 Å². The van der Waals surface area contributed by atoms with Crippen LogP contribution >= 0.6 is 0 Å². The number of carbonyl (C=O) groups excluding carboxylic acids is 2. The Kier molecular flexibility index (Phi) is 4.15. The second kappa shape index (κ2) is 6.02. The highest BCUT2D eigenvalue weighted by Gasteiger charge is 2.13. The van der Waals surface area contributed by atoms with Gasteiger partial charge in [-0.1, -0.05) is 18.2 Å². The molecule has 0 radical (unpaired) electrons. The van der Waals surface area contributed by atoms with E-state index in [0.717, 1.165) is 0 Å². The smallest absolute Gasteiger partial charge is 0.337 e. The quantitative estimate of drug-likeness (QED) is 0.805. The standard InChI is InChI=1S/C16H15NO3/c1-17(15(18)12-6-4-3-5-7-12)14-10-8-13(9-11-14)16(19)20-2/h3-11H,1-2H3. The summed E-state index contributed by atoms with van der Waals surface area (Å²) in [7, 11) is 3.03. The first-order valence-corrected chi connectivity index (χ1v) is 6.15. The maximum absolute atomic E-state index is 12.3. The first-order valence-electron chi connectivity index (χ1n) is 6.15. The third-order valence-corrected chi connectivity index (χ3v) is 3.00. The van der Waals surface area contributed by atoms with Gasteiger partial charge in [0.25, 0.3) is 5.91 Å². The van der Waals surface area contributed by atoms with Crippen molar-refractivity contribution in [2.24, 2.45) is 0 Å². The van der Waals surface area contributed by atoms with Crippen LogP contribution in [0.4, 0.5) is 5.69 Å². The SMILES string of the molecule is COC(=O)c1ccc(N(C)C(=O)c2ccccc2)cc1. The number of ether oxygens (including phenoxy) is 1. The molecule has 4 nitrogen and oxygen atoms in total. The first kappa shape index (κ1) is 13.8. The van der Waals surface area contributed by atoms with Crippen molar-refractivity contribution in [1.82, 2.24) is 0 Å². The minimum atomic E-state index is -0.395. The molecule has 0 atom stereocenters. The van der Waals surface area contributed by atoms with Gasteiger partial charge in [0, 0.05) is 18.3 Å². The third kappa shape index (κ3) is 2.85. The zero-order valence-corrected chi connectivity index (χ0v) is 11.4. The lowest BCUT2D eigenvalue weighted by atomic mass is 10.1. The van der Waals surface area contributed by atoms with Crippen LogP contribution in [0.15, 0.2) is 54.6 Å². The van der Waals surface area contributed by atoms with E-state index in [1.54, 1.807) is 43.4 Å². The topological polar surface area (TPSA) is 46.6 Å². The van der Waals surface area contributed by atoms with Crippen LogP contribution in [0.3, 0.4) is 0 Å². The maximum Gasteiger partial charge on any atom is 0.337 e. The number of hydrogen-bond acceptors (Lipinski definition) is 3. The van der Waals surface area contributed by atoms with Gasteiger partial charge < -0.3 is 9.64 Å². The molecule has 4 heteroatoms. The van der Waals surface area contributed by atoms with Gasteiger partial charge in [-0.15, -0.1) is 0 Å². The molecule has 0 aliphatic rings. The van der Waals surface area contributed by atoms with Crippen molar-refractivity contribution < 1.29 is 14.3 Å². The molecule has 2 aromatic rings. The van der Waals surface area contributed by atoms with Crippen LogP contribution in [0, 0.1) is 0 Å². The average Bonchev–Trinajstić information content (AvgIpc) is 2.53. The van der Waals surface area contributed by atoms with E-state index in [-0.39, 0.29) is 5.91 Å². The molecule has 2 rings (SSSR count). The minimum absolute atomic E-state index is 0.101. The first-order chi connectivity index (χ1) is 9.63. The van der Waals surface area contributed by atoms with Gasteiger partial charge in [-0.3, -0.25) is 4.79 Å². The van der Waals surface area contributed by atoms with Gasteiger partial charge in [0.05, 0.1) is 12.7 Å². The number of amides is 1. The predicted octanol–water partition coefficient (Wildman–Crippen LogP) is 2.75. The zero-order chi connectivity index (χ0) is 14.5. The Hall–Kier alpha value is -2.62. The summed E-state index contributed by atoms with van der Waals surface area (Å²) in [6, 6.07) is 15.7. The molecule has 20 heavy (non-hydrogen) atoms. The lowest BCUT2D eigenvalue weighted by Gasteiger charge is -2.17. The van der Waals surface area contributed by atoms with Crippen molar-refractivity contribution >= 4 is 17.6 Å². The van der Waals surface area contributed by atoms with E-state index in [1.807, 2.05) is 18.2 Å². The molecule has 0 aliphatic carbocycles. The van der Waals surface area contributed by atoms with E-state index in [9.17, 15) is 9.59 Å². The van der Waals surface area contributed by atoms with Crippen LogP contribution in [0.2, 0.25) is 0 Å². The molecule has 0 N–H and O–H groups in total. The summed E-state index contributed by atoms with van der Waals surface area (Å²) < 4.78 is 4.63. The van der Waals surface area contributed by atoms with Crippen LogP contribution < -0.4 is 4.90 Å². The lowest BCUT2D eigenvalue weighted by molar-refractivity contribution is 0.0600. The minimum Gasteiger partial charge on any atom is -0.465 e. The Morgan fingerprint density at radius 3 is 2.05 bits per heavy atom. The summed E-state index contributed by atoms with van der Waals surface area (Å²) in [5.41, 5.74) is 1.79. The van der Waals surface area contributed by atoms with Crippen molar-refractivity contribution in [3.63, 3.8) is 0 Å². The zero-order valence-electron chi connectivity index (χ0n) is 11.4. The van der Waals surface area contributed by atoms with Gasteiger partial charge in [0.1, 0.15) is 0 Å². The summed E-state index contributed by atoms with van der Waals surface area (Å²) in [6.07, 6.45) is 0. The molecule has 0 fully saturated rings. The van der Waals surface area contributed by atoms with Crippen LogP contribution in [-0.2, 0) is 4.74 Å². The van der Waals surface area contributed by atoms with E-state index in [2.05, 4.69) is 4.74 Å². The van der Waals surface area contributed by atoms with Crippen molar-refractivity contribution in [1.29, 1.82) is 0 Å². The average molecular weight is 269 g/mol. The molecular weight excluding hydrogens is 254 g/mol. The van der Waals surface area contributed by atoms with Crippen LogP contribution in [0.5, 0.6) is 0 Å². The second-order valence-electron chi connectivity index (χ2n) is 4.27. The Labute approximate surface area is 117 Å². The molecule has 1 amide bonds. The van der Waals surface area contributed by atoms with Gasteiger partial charge >= 0.3 is 5.97 Å². The van der Waals surface area contributed by atoms with Gasteiger partial charge in [0.2, 0.25) is 0 Å². The molecule has 0 saturated heterocycles. The van der Waals surface area contributed by atoms with Crippen molar-refractivity contribution in [3.8, 4) is 0 Å². The second-order valence-corrected chi connectivity index (χ2v) is 4.27. The summed E-state index contributed by atoms with van der Waals surface area (Å²) in [6.45, 7) is 0. The summed E-state index contributed by atoms with van der Waals surface area (Å²) in [5.74, 6) is -0.495. The van der Waals surface area contributed by atoms with Crippen LogP contribution in [0.25, 0.3) is 0 Å². The number of hydrogen-bond donors (Lipinski definition) is 0. The summed E-state index contributed by atoms with van der Waals surface area (Å²) >= 11 is 0. The highest BCUT2D eigenvalue weighted by molar-refractivity contribution is 6.05. The number of methoxy groups -OCH3 is 1. The predicted molar refractivity (Wildman–Crippen MR) is 77.0 cm³/mol. The number of carbonyl (C=O) groups is 2. The molecule has 0 spiro atoms. The number of anilines is 1. The Bertz CT molecular complexity index is 605. The highest BCUT2D eigenvalue weighted by atomic mass is 16.5. The Balaban J connectivity index is 2.19. The van der Waals surface area contributed by atoms with Crippen molar-refractivity contribution in [2.75, 3.05) is 19.1 Å². The molecule has 0 heterocycles. The van der Waals surface area contributed by atoms with Gasteiger partial charge in [-0.2, -0.15) is 0 Å². The number of benzene rings is 2. The van der Waals surface area contributed by atoms with E-state index < -0.39 is 5.97 Å². The third-order valence-electron chi connectivity index (χ3n) is 3.00. The molecule has 102 valence electrons. The monoisotopic (exact) mass is 269 g/mol. The molecule has 2 aromatic carbocycles. The highest BCUT2D eigenvalue weighted by Crippen LogP contribution is 2.17. The van der Waals surface area contributed by atoms with E-state index >= 15 is 0 Å². The fraction of sp³-hybridized carbons (Fsp3) is 0.125. The van der Waals surface area contributed by atoms with Gasteiger partial charge in [-0.25, -0.2) is 4.79 Å². The maximum atomic E-state index is 12.3. The fourth-order valence-corrected chi connectivity index (χ4v) is 1.83. The van der Waals surface area contributed by atoms with E-state index in [1.165, 1.54) is 12.0 Å². The lowest BCUT2D eigenvalue weighted by Crippen LogP contribution is -2.26. The molecule has 0 saturated carbocycles. The molecular formula is C16H15NO3. The number of esters is 1. The van der Waals surface area contributed by atoms with E-state index in [0.29, 0.717) is 16.8 Å². The Morgan fingerprint density at radius 1 is 0.900 bits per heavy atom.